The predicted molar refractivity (Wildman–Crippen MR) is 62.9 cm³/mol. The topological polar surface area (TPSA) is 51.3 Å². The largest absolute Gasteiger partial charge is 0.471 e. The summed E-state index contributed by atoms with van der Waals surface area (Å²) in [6.07, 6.45) is -2.22. The molecule has 0 spiro atoms. The molecule has 0 saturated heterocycles. The lowest BCUT2D eigenvalue weighted by molar-refractivity contribution is -0.159. The molecule has 0 radical (unpaired) electrons. The van der Waals surface area contributed by atoms with Crippen LogP contribution in [0.4, 0.5) is 13.2 Å². The van der Waals surface area contributed by atoms with E-state index in [4.69, 9.17) is 0 Å². The van der Waals surface area contributed by atoms with Crippen molar-refractivity contribution < 1.29 is 17.7 Å². The van der Waals surface area contributed by atoms with Crippen molar-refractivity contribution in [2.24, 2.45) is 4.99 Å². The maximum atomic E-state index is 12.3. The van der Waals surface area contributed by atoms with Crippen LogP contribution in [0.5, 0.6) is 0 Å². The fourth-order valence-electron chi connectivity index (χ4n) is 1.44. The van der Waals surface area contributed by atoms with Crippen molar-refractivity contribution in [1.82, 2.24) is 10.1 Å². The molecule has 0 N–H and O–H groups in total. The van der Waals surface area contributed by atoms with E-state index < -0.39 is 12.1 Å². The number of benzene rings is 1. The Labute approximate surface area is 107 Å². The van der Waals surface area contributed by atoms with Gasteiger partial charge in [-0.3, -0.25) is 0 Å². The van der Waals surface area contributed by atoms with Crippen LogP contribution < -0.4 is 0 Å². The lowest BCUT2D eigenvalue weighted by Gasteiger charge is -1.98. The lowest BCUT2D eigenvalue weighted by atomic mass is 10.1. The van der Waals surface area contributed by atoms with Crippen LogP contribution in [-0.4, -0.2) is 23.4 Å². The Morgan fingerprint density at radius 3 is 2.47 bits per heavy atom. The van der Waals surface area contributed by atoms with Crippen LogP contribution >= 0.6 is 0 Å². The number of rotatable bonds is 3. The summed E-state index contributed by atoms with van der Waals surface area (Å²) in [5, 5.41) is 3.31. The van der Waals surface area contributed by atoms with Crippen LogP contribution in [0.25, 0.3) is 11.4 Å². The maximum absolute atomic E-state index is 12.3. The highest BCUT2D eigenvalue weighted by molar-refractivity contribution is 5.62. The van der Waals surface area contributed by atoms with E-state index in [-0.39, 0.29) is 5.82 Å². The van der Waals surface area contributed by atoms with Gasteiger partial charge in [0.1, 0.15) is 0 Å². The van der Waals surface area contributed by atoms with E-state index in [2.05, 4.69) is 19.7 Å². The second-order valence-electron chi connectivity index (χ2n) is 3.76. The van der Waals surface area contributed by atoms with Crippen LogP contribution in [-0.2, 0) is 12.6 Å². The van der Waals surface area contributed by atoms with E-state index in [9.17, 15) is 13.2 Å². The molecular weight excluding hydrogens is 259 g/mol. The standard InChI is InChI=1S/C12H10F3N3O/c1-16-7-6-8-2-4-9(5-3-8)10-17-11(19-18-10)12(13,14)15/h2-5,7H,6H2,1H3. The summed E-state index contributed by atoms with van der Waals surface area (Å²) in [5.41, 5.74) is 1.46. The van der Waals surface area contributed by atoms with Crippen molar-refractivity contribution in [2.45, 2.75) is 12.6 Å². The van der Waals surface area contributed by atoms with Gasteiger partial charge in [0.15, 0.2) is 0 Å². The number of hydrogen-bond acceptors (Lipinski definition) is 4. The zero-order valence-electron chi connectivity index (χ0n) is 9.98. The molecule has 0 amide bonds. The normalized spacial score (nSPS) is 12.2. The molecule has 2 aromatic rings. The lowest BCUT2D eigenvalue weighted by Crippen LogP contribution is -2.04. The molecule has 0 saturated carbocycles. The molecule has 1 aromatic carbocycles. The first-order valence-corrected chi connectivity index (χ1v) is 5.41. The van der Waals surface area contributed by atoms with Crippen LogP contribution in [0.2, 0.25) is 0 Å². The molecule has 0 aliphatic carbocycles. The molecule has 100 valence electrons. The molecule has 1 aromatic heterocycles. The van der Waals surface area contributed by atoms with Gasteiger partial charge in [0.05, 0.1) is 0 Å². The molecule has 1 heterocycles. The van der Waals surface area contributed by atoms with Gasteiger partial charge in [0.25, 0.3) is 0 Å². The highest BCUT2D eigenvalue weighted by atomic mass is 19.4. The molecule has 0 aliphatic heterocycles. The molecular formula is C12H10F3N3O. The van der Waals surface area contributed by atoms with Crippen LogP contribution in [0, 0.1) is 0 Å². The van der Waals surface area contributed by atoms with Crippen molar-refractivity contribution in [1.29, 1.82) is 0 Å². The predicted octanol–water partition coefficient (Wildman–Crippen LogP) is 3.00. The Hall–Kier alpha value is -2.18. The van der Waals surface area contributed by atoms with Crippen LogP contribution in [0.3, 0.4) is 0 Å². The third kappa shape index (κ3) is 3.18. The molecule has 0 bridgehead atoms. The minimum Gasteiger partial charge on any atom is -0.329 e. The molecule has 4 nitrogen and oxygen atoms in total. The first kappa shape index (κ1) is 13.3. The van der Waals surface area contributed by atoms with E-state index in [1.165, 1.54) is 0 Å². The van der Waals surface area contributed by atoms with Gasteiger partial charge < -0.3 is 9.52 Å². The summed E-state index contributed by atoms with van der Waals surface area (Å²) in [7, 11) is 1.67. The van der Waals surface area contributed by atoms with Gasteiger partial charge in [0.2, 0.25) is 5.82 Å². The third-order valence-electron chi connectivity index (χ3n) is 2.39. The molecule has 0 aliphatic rings. The van der Waals surface area contributed by atoms with E-state index in [1.54, 1.807) is 37.5 Å². The molecule has 19 heavy (non-hydrogen) atoms. The zero-order valence-corrected chi connectivity index (χ0v) is 9.98. The van der Waals surface area contributed by atoms with Gasteiger partial charge in [-0.15, -0.1) is 0 Å². The number of alkyl halides is 3. The summed E-state index contributed by atoms with van der Waals surface area (Å²) >= 11 is 0. The van der Waals surface area contributed by atoms with E-state index in [1.807, 2.05) is 0 Å². The third-order valence-corrected chi connectivity index (χ3v) is 2.39. The molecule has 0 fully saturated rings. The number of halogens is 3. The van der Waals surface area contributed by atoms with E-state index in [0.29, 0.717) is 12.0 Å². The molecule has 0 atom stereocenters. The van der Waals surface area contributed by atoms with Crippen molar-refractivity contribution in [3.63, 3.8) is 0 Å². The summed E-state index contributed by atoms with van der Waals surface area (Å²) in [6.45, 7) is 0. The summed E-state index contributed by atoms with van der Waals surface area (Å²) in [4.78, 5) is 7.17. The van der Waals surface area contributed by atoms with E-state index in [0.717, 1.165) is 5.56 Å². The number of aromatic nitrogens is 2. The van der Waals surface area contributed by atoms with E-state index >= 15 is 0 Å². The summed E-state index contributed by atoms with van der Waals surface area (Å²) < 4.78 is 41.1. The first-order chi connectivity index (χ1) is 9.00. The van der Waals surface area contributed by atoms with Crippen molar-refractivity contribution in [3.05, 3.63) is 35.7 Å². The van der Waals surface area contributed by atoms with Gasteiger partial charge in [-0.2, -0.15) is 18.2 Å². The van der Waals surface area contributed by atoms with Crippen LogP contribution in [0.1, 0.15) is 11.5 Å². The van der Waals surface area contributed by atoms with Crippen molar-refractivity contribution in [3.8, 4) is 11.4 Å². The Balaban J connectivity index is 2.20. The second-order valence-corrected chi connectivity index (χ2v) is 3.76. The Morgan fingerprint density at radius 2 is 1.95 bits per heavy atom. The highest BCUT2D eigenvalue weighted by Gasteiger charge is 2.38. The maximum Gasteiger partial charge on any atom is 0.471 e. The minimum atomic E-state index is -4.62. The molecule has 7 heteroatoms. The first-order valence-electron chi connectivity index (χ1n) is 5.41. The average Bonchev–Trinajstić information content (AvgIpc) is 2.86. The second kappa shape index (κ2) is 5.21. The van der Waals surface area contributed by atoms with Gasteiger partial charge in [-0.05, 0) is 5.56 Å². The summed E-state index contributed by atoms with van der Waals surface area (Å²) in [6, 6.07) is 6.84. The van der Waals surface area contributed by atoms with Crippen molar-refractivity contribution >= 4 is 6.21 Å². The summed E-state index contributed by atoms with van der Waals surface area (Å²) in [5.74, 6) is -1.42. The van der Waals surface area contributed by atoms with Gasteiger partial charge >= 0.3 is 12.1 Å². The van der Waals surface area contributed by atoms with Gasteiger partial charge in [0, 0.05) is 25.2 Å². The molecule has 2 rings (SSSR count). The highest BCUT2D eigenvalue weighted by Crippen LogP contribution is 2.29. The van der Waals surface area contributed by atoms with Gasteiger partial charge in [-0.25, -0.2) is 0 Å². The average molecular weight is 269 g/mol. The quantitative estimate of drug-likeness (QED) is 0.805. The van der Waals surface area contributed by atoms with Gasteiger partial charge in [-0.1, -0.05) is 29.4 Å². The fraction of sp³-hybridized carbons (Fsp3) is 0.250. The fourth-order valence-corrected chi connectivity index (χ4v) is 1.44. The molecule has 0 unspecified atom stereocenters. The monoisotopic (exact) mass is 269 g/mol. The zero-order chi connectivity index (χ0) is 13.9. The number of hydrogen-bond donors (Lipinski definition) is 0. The minimum absolute atomic E-state index is 0.0805. The number of aliphatic imine (C=N–C) groups is 1. The Morgan fingerprint density at radius 1 is 1.26 bits per heavy atom. The van der Waals surface area contributed by atoms with Crippen molar-refractivity contribution in [2.75, 3.05) is 7.05 Å². The van der Waals surface area contributed by atoms with Crippen LogP contribution in [0.15, 0.2) is 33.8 Å². The Kier molecular flexibility index (Phi) is 3.64. The Bertz CT molecular complexity index is 573. The SMILES string of the molecule is CN=CCc1ccc(-c2noc(C(F)(F)F)n2)cc1. The smallest absolute Gasteiger partial charge is 0.329 e. The number of nitrogens with zero attached hydrogens (tertiary/aromatic N) is 3.